The van der Waals surface area contributed by atoms with Crippen LogP contribution in [-0.2, 0) is 19.5 Å². The second-order valence-corrected chi connectivity index (χ2v) is 2.01. The molecule has 0 radical (unpaired) electrons. The fraction of sp³-hybridized carbons (Fsp3) is 0.125. The first kappa shape index (κ1) is 11.1. The van der Waals surface area contributed by atoms with Crippen LogP contribution in [0.5, 0.6) is 5.75 Å². The van der Waals surface area contributed by atoms with Gasteiger partial charge in [0.25, 0.3) is 0 Å². The summed E-state index contributed by atoms with van der Waals surface area (Å²) in [5, 5.41) is 8.62. The summed E-state index contributed by atoms with van der Waals surface area (Å²) in [6.45, 7) is 0. The molecule has 0 aliphatic heterocycles. The summed E-state index contributed by atoms with van der Waals surface area (Å²) in [7, 11) is 1.45. The van der Waals surface area contributed by atoms with Crippen molar-refractivity contribution in [3.8, 4) is 5.75 Å². The van der Waals surface area contributed by atoms with E-state index in [1.54, 1.807) is 18.2 Å². The molecule has 0 aliphatic rings. The van der Waals surface area contributed by atoms with Crippen molar-refractivity contribution in [2.75, 3.05) is 7.11 Å². The molecule has 0 fully saturated rings. The molecule has 0 unspecified atom stereocenters. The number of benzene rings is 1. The molecule has 0 saturated carbocycles. The van der Waals surface area contributed by atoms with Gasteiger partial charge in [-0.25, -0.2) is 4.79 Å². The van der Waals surface area contributed by atoms with E-state index in [2.05, 4.69) is 0 Å². The van der Waals surface area contributed by atoms with Crippen LogP contribution in [0.2, 0.25) is 0 Å². The van der Waals surface area contributed by atoms with Crippen LogP contribution in [0.1, 0.15) is 10.4 Å². The van der Waals surface area contributed by atoms with Gasteiger partial charge in [0.15, 0.2) is 0 Å². The fourth-order valence-electron chi connectivity index (χ4n) is 0.821. The van der Waals surface area contributed by atoms with Crippen LogP contribution < -0.4 is 4.74 Å². The average Bonchev–Trinajstić information content (AvgIpc) is 2.04. The first-order valence-electron chi connectivity index (χ1n) is 3.12. The Morgan fingerprint density at radius 3 is 2.42 bits per heavy atom. The van der Waals surface area contributed by atoms with Gasteiger partial charge in [0.2, 0.25) is 0 Å². The third-order valence-electron chi connectivity index (χ3n) is 1.34. The Kier molecular flexibility index (Phi) is 4.52. The van der Waals surface area contributed by atoms with Crippen molar-refractivity contribution in [3.05, 3.63) is 29.8 Å². The third kappa shape index (κ3) is 2.31. The number of hydrogen-bond donors (Lipinski definition) is 1. The molecule has 0 bridgehead atoms. The predicted octanol–water partition coefficient (Wildman–Crippen LogP) is 1.39. The SMILES string of the molecule is COc1ccccc1C(=O)O.[Zn]. The van der Waals surface area contributed by atoms with Gasteiger partial charge in [-0.15, -0.1) is 0 Å². The second kappa shape index (κ2) is 4.88. The van der Waals surface area contributed by atoms with E-state index >= 15 is 0 Å². The molecule has 3 nitrogen and oxygen atoms in total. The number of aromatic carboxylic acids is 1. The zero-order valence-corrected chi connectivity index (χ0v) is 9.75. The molecular formula is C8H8O3Zn. The number of ether oxygens (including phenoxy) is 1. The minimum atomic E-state index is -0.970. The Hall–Kier alpha value is -0.887. The van der Waals surface area contributed by atoms with Gasteiger partial charge in [-0.3, -0.25) is 0 Å². The number of rotatable bonds is 2. The van der Waals surface area contributed by atoms with Gasteiger partial charge in [-0.05, 0) is 12.1 Å². The first-order chi connectivity index (χ1) is 5.25. The molecule has 12 heavy (non-hydrogen) atoms. The average molecular weight is 218 g/mol. The maximum Gasteiger partial charge on any atom is 0.339 e. The number of carboxylic acids is 1. The van der Waals surface area contributed by atoms with Gasteiger partial charge in [0.05, 0.1) is 7.11 Å². The monoisotopic (exact) mass is 216 g/mol. The molecule has 0 aliphatic carbocycles. The second-order valence-electron chi connectivity index (χ2n) is 2.01. The molecular weight excluding hydrogens is 209 g/mol. The van der Waals surface area contributed by atoms with Crippen LogP contribution in [-0.4, -0.2) is 18.2 Å². The molecule has 1 aromatic carbocycles. The summed E-state index contributed by atoms with van der Waals surface area (Å²) in [6.07, 6.45) is 0. The minimum absolute atomic E-state index is 0. The van der Waals surface area contributed by atoms with Crippen molar-refractivity contribution in [1.82, 2.24) is 0 Å². The van der Waals surface area contributed by atoms with Crippen LogP contribution >= 0.6 is 0 Å². The molecule has 0 atom stereocenters. The topological polar surface area (TPSA) is 46.5 Å². The Morgan fingerprint density at radius 2 is 2.00 bits per heavy atom. The van der Waals surface area contributed by atoms with Gasteiger partial charge >= 0.3 is 5.97 Å². The molecule has 0 saturated heterocycles. The molecule has 0 aromatic heterocycles. The molecule has 0 heterocycles. The van der Waals surface area contributed by atoms with Gasteiger partial charge in [0, 0.05) is 19.5 Å². The van der Waals surface area contributed by atoms with Gasteiger partial charge in [-0.1, -0.05) is 12.1 Å². The number of carboxylic acid groups (broad SMARTS) is 1. The molecule has 4 heteroatoms. The zero-order chi connectivity index (χ0) is 8.27. The zero-order valence-electron chi connectivity index (χ0n) is 6.78. The maximum absolute atomic E-state index is 10.5. The Morgan fingerprint density at radius 1 is 1.42 bits per heavy atom. The van der Waals surface area contributed by atoms with E-state index in [9.17, 15) is 4.79 Å². The summed E-state index contributed by atoms with van der Waals surface area (Å²) < 4.78 is 4.83. The maximum atomic E-state index is 10.5. The van der Waals surface area contributed by atoms with E-state index in [-0.39, 0.29) is 25.0 Å². The summed E-state index contributed by atoms with van der Waals surface area (Å²) >= 11 is 0. The van der Waals surface area contributed by atoms with E-state index in [1.807, 2.05) is 0 Å². The van der Waals surface area contributed by atoms with Crippen molar-refractivity contribution in [2.45, 2.75) is 0 Å². The third-order valence-corrected chi connectivity index (χ3v) is 1.34. The van der Waals surface area contributed by atoms with Crippen molar-refractivity contribution >= 4 is 5.97 Å². The number of carbonyl (C=O) groups is 1. The quantitative estimate of drug-likeness (QED) is 0.762. The van der Waals surface area contributed by atoms with E-state index in [1.165, 1.54) is 13.2 Å². The smallest absolute Gasteiger partial charge is 0.339 e. The Bertz CT molecular complexity index is 273. The van der Waals surface area contributed by atoms with E-state index in [0.29, 0.717) is 5.75 Å². The summed E-state index contributed by atoms with van der Waals surface area (Å²) in [6, 6.07) is 6.50. The number of hydrogen-bond acceptors (Lipinski definition) is 2. The van der Waals surface area contributed by atoms with Crippen LogP contribution in [0.3, 0.4) is 0 Å². The van der Waals surface area contributed by atoms with Crippen molar-refractivity contribution in [2.24, 2.45) is 0 Å². The van der Waals surface area contributed by atoms with Crippen LogP contribution in [0, 0.1) is 0 Å². The fourth-order valence-corrected chi connectivity index (χ4v) is 0.821. The molecule has 0 amide bonds. The first-order valence-corrected chi connectivity index (χ1v) is 3.12. The van der Waals surface area contributed by atoms with Crippen LogP contribution in [0.4, 0.5) is 0 Å². The molecule has 1 rings (SSSR count). The van der Waals surface area contributed by atoms with Crippen molar-refractivity contribution in [3.63, 3.8) is 0 Å². The number of para-hydroxylation sites is 1. The summed E-state index contributed by atoms with van der Waals surface area (Å²) in [4.78, 5) is 10.5. The standard InChI is InChI=1S/C8H8O3.Zn/c1-11-7-5-3-2-4-6(7)8(9)10;/h2-5H,1H3,(H,9,10);. The van der Waals surface area contributed by atoms with E-state index < -0.39 is 5.97 Å². The molecule has 1 N–H and O–H groups in total. The number of methoxy groups -OCH3 is 1. The molecule has 60 valence electrons. The molecule has 0 spiro atoms. The van der Waals surface area contributed by atoms with Crippen molar-refractivity contribution < 1.29 is 34.1 Å². The van der Waals surface area contributed by atoms with Crippen LogP contribution in [0.25, 0.3) is 0 Å². The summed E-state index contributed by atoms with van der Waals surface area (Å²) in [5.74, 6) is -0.581. The van der Waals surface area contributed by atoms with Gasteiger partial charge in [0.1, 0.15) is 11.3 Å². The van der Waals surface area contributed by atoms with Crippen molar-refractivity contribution in [1.29, 1.82) is 0 Å². The summed E-state index contributed by atoms with van der Waals surface area (Å²) in [5.41, 5.74) is 0.190. The van der Waals surface area contributed by atoms with Crippen LogP contribution in [0.15, 0.2) is 24.3 Å². The largest absolute Gasteiger partial charge is 0.496 e. The molecule has 1 aromatic rings. The minimum Gasteiger partial charge on any atom is -0.496 e. The van der Waals surface area contributed by atoms with Gasteiger partial charge < -0.3 is 9.84 Å². The Labute approximate surface area is 83.1 Å². The normalized spacial score (nSPS) is 8.42. The van der Waals surface area contributed by atoms with Gasteiger partial charge in [-0.2, -0.15) is 0 Å². The Balaban J connectivity index is 0.00000121. The van der Waals surface area contributed by atoms with E-state index in [0.717, 1.165) is 0 Å². The van der Waals surface area contributed by atoms with E-state index in [4.69, 9.17) is 9.84 Å². The predicted molar refractivity (Wildman–Crippen MR) is 40.0 cm³/mol.